The summed E-state index contributed by atoms with van der Waals surface area (Å²) in [7, 11) is 1.98. The van der Waals surface area contributed by atoms with Crippen LogP contribution in [0, 0.1) is 5.92 Å². The Morgan fingerprint density at radius 3 is 2.35 bits per heavy atom. The highest BCUT2D eigenvalue weighted by Crippen LogP contribution is 2.10. The van der Waals surface area contributed by atoms with Crippen LogP contribution in [0.3, 0.4) is 0 Å². The first-order chi connectivity index (χ1) is 12.0. The summed E-state index contributed by atoms with van der Waals surface area (Å²) >= 11 is 0. The van der Waals surface area contributed by atoms with Crippen LogP contribution in [0.2, 0.25) is 0 Å². The van der Waals surface area contributed by atoms with Crippen molar-refractivity contribution < 1.29 is 9.59 Å². The summed E-state index contributed by atoms with van der Waals surface area (Å²) in [6.45, 7) is 13.9. The quantitative estimate of drug-likeness (QED) is 0.770. The molecule has 6 nitrogen and oxygen atoms in total. The third-order valence-electron chi connectivity index (χ3n) is 3.93. The zero-order chi connectivity index (χ0) is 19.9. The van der Waals surface area contributed by atoms with Crippen molar-refractivity contribution in [2.24, 2.45) is 13.0 Å². The van der Waals surface area contributed by atoms with Crippen LogP contribution >= 0.6 is 0 Å². The second-order valence-corrected chi connectivity index (χ2v) is 8.38. The van der Waals surface area contributed by atoms with Gasteiger partial charge in [0, 0.05) is 37.6 Å². The van der Waals surface area contributed by atoms with E-state index in [1.807, 2.05) is 62.5 Å². The molecular formula is C20H36N4O2. The van der Waals surface area contributed by atoms with E-state index in [9.17, 15) is 9.59 Å². The third-order valence-corrected chi connectivity index (χ3v) is 3.93. The first-order valence-electron chi connectivity index (χ1n) is 9.48. The maximum atomic E-state index is 13.0. The SMILES string of the molecule is CCCN(CC(=O)N(Cc1cccn1C)CC(C)C)C(=O)NC(C)(C)C. The predicted octanol–water partition coefficient (Wildman–Crippen LogP) is 3.23. The fourth-order valence-electron chi connectivity index (χ4n) is 2.74. The van der Waals surface area contributed by atoms with Gasteiger partial charge < -0.3 is 19.7 Å². The first-order valence-corrected chi connectivity index (χ1v) is 9.48. The summed E-state index contributed by atoms with van der Waals surface area (Å²) in [5.74, 6) is 0.347. The van der Waals surface area contributed by atoms with Gasteiger partial charge in [-0.2, -0.15) is 0 Å². The number of carbonyl (C=O) groups is 2. The van der Waals surface area contributed by atoms with Gasteiger partial charge in [-0.1, -0.05) is 20.8 Å². The lowest BCUT2D eigenvalue weighted by Crippen LogP contribution is -2.52. The zero-order valence-corrected chi connectivity index (χ0v) is 17.5. The highest BCUT2D eigenvalue weighted by Gasteiger charge is 2.24. The molecule has 0 spiro atoms. The van der Waals surface area contributed by atoms with Crippen LogP contribution in [0.4, 0.5) is 4.79 Å². The Morgan fingerprint density at radius 1 is 1.23 bits per heavy atom. The van der Waals surface area contributed by atoms with Crippen LogP contribution in [0.1, 0.15) is 53.7 Å². The van der Waals surface area contributed by atoms with E-state index >= 15 is 0 Å². The van der Waals surface area contributed by atoms with Crippen molar-refractivity contribution >= 4 is 11.9 Å². The molecule has 1 rings (SSSR count). The number of hydrogen-bond donors (Lipinski definition) is 1. The van der Waals surface area contributed by atoms with Crippen molar-refractivity contribution in [3.63, 3.8) is 0 Å². The highest BCUT2D eigenvalue weighted by atomic mass is 16.2. The van der Waals surface area contributed by atoms with E-state index in [1.54, 1.807) is 4.90 Å². The molecule has 0 aliphatic rings. The molecule has 1 heterocycles. The van der Waals surface area contributed by atoms with Gasteiger partial charge in [0.1, 0.15) is 6.54 Å². The highest BCUT2D eigenvalue weighted by molar-refractivity contribution is 5.84. The van der Waals surface area contributed by atoms with Crippen molar-refractivity contribution in [2.45, 2.75) is 60.0 Å². The minimum atomic E-state index is -0.327. The molecule has 6 heteroatoms. The number of amides is 3. The lowest BCUT2D eigenvalue weighted by Gasteiger charge is -2.31. The van der Waals surface area contributed by atoms with Crippen LogP contribution in [-0.2, 0) is 18.4 Å². The molecule has 0 unspecified atom stereocenters. The smallest absolute Gasteiger partial charge is 0.318 e. The van der Waals surface area contributed by atoms with Gasteiger partial charge in [0.05, 0.1) is 6.54 Å². The Morgan fingerprint density at radius 2 is 1.88 bits per heavy atom. The molecule has 148 valence electrons. The summed E-state index contributed by atoms with van der Waals surface area (Å²) in [5, 5.41) is 2.96. The number of aromatic nitrogens is 1. The molecule has 0 aliphatic heterocycles. The van der Waals surface area contributed by atoms with Gasteiger partial charge in [0.25, 0.3) is 0 Å². The third kappa shape index (κ3) is 7.50. The molecule has 0 fully saturated rings. The van der Waals surface area contributed by atoms with E-state index in [0.717, 1.165) is 12.1 Å². The number of hydrogen-bond acceptors (Lipinski definition) is 2. The molecule has 0 aliphatic carbocycles. The average Bonchev–Trinajstić information content (AvgIpc) is 2.89. The van der Waals surface area contributed by atoms with Gasteiger partial charge in [0.15, 0.2) is 0 Å². The average molecular weight is 365 g/mol. The standard InChI is InChI=1S/C20H36N4O2/c1-8-11-23(19(26)21-20(4,5)6)15-18(25)24(13-16(2)3)14-17-10-9-12-22(17)7/h9-10,12,16H,8,11,13-15H2,1-7H3,(H,21,26). The van der Waals surface area contributed by atoms with E-state index in [4.69, 9.17) is 0 Å². The first kappa shape index (κ1) is 22.1. The van der Waals surface area contributed by atoms with E-state index in [1.165, 1.54) is 0 Å². The van der Waals surface area contributed by atoms with Crippen molar-refractivity contribution in [3.8, 4) is 0 Å². The van der Waals surface area contributed by atoms with Crippen molar-refractivity contribution in [1.29, 1.82) is 0 Å². The van der Waals surface area contributed by atoms with Crippen molar-refractivity contribution in [1.82, 2.24) is 19.7 Å². The van der Waals surface area contributed by atoms with Gasteiger partial charge in [-0.25, -0.2) is 4.79 Å². The van der Waals surface area contributed by atoms with Crippen LogP contribution in [0.15, 0.2) is 18.3 Å². The van der Waals surface area contributed by atoms with Gasteiger partial charge in [-0.15, -0.1) is 0 Å². The minimum absolute atomic E-state index is 0.0163. The molecule has 3 amide bonds. The zero-order valence-electron chi connectivity index (χ0n) is 17.5. The topological polar surface area (TPSA) is 57.6 Å². The lowest BCUT2D eigenvalue weighted by molar-refractivity contribution is -0.133. The van der Waals surface area contributed by atoms with Gasteiger partial charge >= 0.3 is 6.03 Å². The summed E-state index contributed by atoms with van der Waals surface area (Å²) in [4.78, 5) is 29.0. The number of rotatable bonds is 8. The molecule has 26 heavy (non-hydrogen) atoms. The van der Waals surface area contributed by atoms with Gasteiger partial charge in [0.2, 0.25) is 5.91 Å². The normalized spacial score (nSPS) is 11.5. The molecule has 0 saturated heterocycles. The van der Waals surface area contributed by atoms with Crippen LogP contribution in [0.25, 0.3) is 0 Å². The Balaban J connectivity index is 2.86. The van der Waals surface area contributed by atoms with Crippen LogP contribution < -0.4 is 5.32 Å². The fourth-order valence-corrected chi connectivity index (χ4v) is 2.74. The molecule has 1 aromatic heterocycles. The Kier molecular flexibility index (Phi) is 8.18. The summed E-state index contributed by atoms with van der Waals surface area (Å²) in [6, 6.07) is 3.82. The number of nitrogens with one attached hydrogen (secondary N) is 1. The number of aryl methyl sites for hydroxylation is 1. The fraction of sp³-hybridized carbons (Fsp3) is 0.700. The van der Waals surface area contributed by atoms with Crippen LogP contribution in [0.5, 0.6) is 0 Å². The second kappa shape index (κ2) is 9.64. The number of carbonyl (C=O) groups excluding carboxylic acids is 2. The Hall–Kier alpha value is -1.98. The van der Waals surface area contributed by atoms with Crippen molar-refractivity contribution in [2.75, 3.05) is 19.6 Å². The molecule has 1 aromatic rings. The predicted molar refractivity (Wildman–Crippen MR) is 106 cm³/mol. The minimum Gasteiger partial charge on any atom is -0.353 e. The molecule has 1 N–H and O–H groups in total. The maximum Gasteiger partial charge on any atom is 0.318 e. The van der Waals surface area contributed by atoms with E-state index in [2.05, 4.69) is 19.2 Å². The molecular weight excluding hydrogens is 328 g/mol. The molecule has 0 saturated carbocycles. The summed E-state index contributed by atoms with van der Waals surface area (Å²) in [5.41, 5.74) is 0.757. The van der Waals surface area contributed by atoms with Gasteiger partial charge in [-0.3, -0.25) is 4.79 Å². The second-order valence-electron chi connectivity index (χ2n) is 8.38. The summed E-state index contributed by atoms with van der Waals surface area (Å²) < 4.78 is 2.02. The number of urea groups is 1. The molecule has 0 aromatic carbocycles. The van der Waals surface area contributed by atoms with E-state index in [-0.39, 0.29) is 24.0 Å². The van der Waals surface area contributed by atoms with Gasteiger partial charge in [-0.05, 0) is 45.2 Å². The molecule has 0 bridgehead atoms. The Bertz CT molecular complexity index is 587. The molecule has 0 radical (unpaired) electrons. The largest absolute Gasteiger partial charge is 0.353 e. The number of nitrogens with zero attached hydrogens (tertiary/aromatic N) is 3. The molecule has 0 atom stereocenters. The van der Waals surface area contributed by atoms with E-state index < -0.39 is 0 Å². The Labute approximate surface area is 158 Å². The van der Waals surface area contributed by atoms with Crippen molar-refractivity contribution in [3.05, 3.63) is 24.0 Å². The maximum absolute atomic E-state index is 13.0. The van der Waals surface area contributed by atoms with E-state index in [0.29, 0.717) is 25.6 Å². The monoisotopic (exact) mass is 364 g/mol. The summed E-state index contributed by atoms with van der Waals surface area (Å²) in [6.07, 6.45) is 2.79. The lowest BCUT2D eigenvalue weighted by atomic mass is 10.1. The van der Waals surface area contributed by atoms with Crippen LogP contribution in [-0.4, -0.2) is 51.5 Å².